The molecule has 0 spiro atoms. The van der Waals surface area contributed by atoms with Crippen LogP contribution in [0.2, 0.25) is 0 Å². The molecule has 10 heavy (non-hydrogen) atoms. The summed E-state index contributed by atoms with van der Waals surface area (Å²) in [5, 5.41) is 8.97. The van der Waals surface area contributed by atoms with Crippen LogP contribution in [0.15, 0.2) is 0 Å². The summed E-state index contributed by atoms with van der Waals surface area (Å²) < 4.78 is 0. The van der Waals surface area contributed by atoms with Gasteiger partial charge in [0.2, 0.25) is 0 Å². The van der Waals surface area contributed by atoms with Crippen LogP contribution >= 0.6 is 0 Å². The third-order valence-corrected chi connectivity index (χ3v) is 2.65. The molecular weight excluding hydrogens is 126 g/mol. The quantitative estimate of drug-likeness (QED) is 0.609. The lowest BCUT2D eigenvalue weighted by molar-refractivity contribution is 0.153. The van der Waals surface area contributed by atoms with Gasteiger partial charge in [0.15, 0.2) is 0 Å². The molecule has 0 aromatic carbocycles. The average molecular weight is 141 g/mol. The average Bonchev–Trinajstić information content (AvgIpc) is 2.69. The van der Waals surface area contributed by atoms with E-state index in [9.17, 15) is 0 Å². The van der Waals surface area contributed by atoms with Gasteiger partial charge in [-0.1, -0.05) is 0 Å². The SMILES string of the molecule is OCC1CCCN1C1CC1. The van der Waals surface area contributed by atoms with Gasteiger partial charge < -0.3 is 5.11 Å². The second kappa shape index (κ2) is 2.51. The Labute approximate surface area is 61.8 Å². The Morgan fingerprint density at radius 1 is 1.30 bits per heavy atom. The Hall–Kier alpha value is -0.0800. The fourth-order valence-electron chi connectivity index (χ4n) is 1.94. The minimum Gasteiger partial charge on any atom is -0.395 e. The summed E-state index contributed by atoms with van der Waals surface area (Å²) in [6.07, 6.45) is 5.25. The lowest BCUT2D eigenvalue weighted by Crippen LogP contribution is -2.33. The van der Waals surface area contributed by atoms with E-state index in [4.69, 9.17) is 5.11 Å². The van der Waals surface area contributed by atoms with E-state index in [1.54, 1.807) is 0 Å². The normalized spacial score (nSPS) is 35.1. The zero-order chi connectivity index (χ0) is 6.97. The molecule has 0 radical (unpaired) electrons. The van der Waals surface area contributed by atoms with E-state index < -0.39 is 0 Å². The molecule has 58 valence electrons. The molecule has 1 heterocycles. The number of nitrogens with zero attached hydrogens (tertiary/aromatic N) is 1. The second-order valence-corrected chi connectivity index (χ2v) is 3.45. The number of aliphatic hydroxyl groups excluding tert-OH is 1. The third-order valence-electron chi connectivity index (χ3n) is 2.65. The van der Waals surface area contributed by atoms with Gasteiger partial charge in [0.25, 0.3) is 0 Å². The number of rotatable bonds is 2. The first-order valence-corrected chi connectivity index (χ1v) is 4.28. The van der Waals surface area contributed by atoms with Crippen molar-refractivity contribution in [2.24, 2.45) is 0 Å². The van der Waals surface area contributed by atoms with E-state index in [-0.39, 0.29) is 0 Å². The minimum absolute atomic E-state index is 0.372. The van der Waals surface area contributed by atoms with Gasteiger partial charge in [-0.25, -0.2) is 0 Å². The maximum absolute atomic E-state index is 8.97. The second-order valence-electron chi connectivity index (χ2n) is 3.45. The van der Waals surface area contributed by atoms with E-state index in [0.717, 1.165) is 6.04 Å². The van der Waals surface area contributed by atoms with Crippen LogP contribution in [0.5, 0.6) is 0 Å². The molecule has 1 unspecified atom stereocenters. The first kappa shape index (κ1) is 6.62. The Kier molecular flexibility index (Phi) is 1.66. The van der Waals surface area contributed by atoms with Crippen molar-refractivity contribution in [2.75, 3.05) is 13.2 Å². The van der Waals surface area contributed by atoms with Gasteiger partial charge in [-0.15, -0.1) is 0 Å². The van der Waals surface area contributed by atoms with Crippen molar-refractivity contribution in [3.05, 3.63) is 0 Å². The van der Waals surface area contributed by atoms with Gasteiger partial charge in [-0.05, 0) is 32.2 Å². The lowest BCUT2D eigenvalue weighted by Gasteiger charge is -2.21. The maximum Gasteiger partial charge on any atom is 0.0586 e. The van der Waals surface area contributed by atoms with Crippen molar-refractivity contribution < 1.29 is 5.11 Å². The molecule has 1 aliphatic heterocycles. The molecule has 2 nitrogen and oxygen atoms in total. The zero-order valence-electron chi connectivity index (χ0n) is 6.29. The number of likely N-dealkylation sites (tertiary alicyclic amines) is 1. The van der Waals surface area contributed by atoms with Crippen LogP contribution in [0.1, 0.15) is 25.7 Å². The Balaban J connectivity index is 1.91. The molecule has 0 aromatic heterocycles. The van der Waals surface area contributed by atoms with Crippen molar-refractivity contribution in [1.82, 2.24) is 4.90 Å². The summed E-state index contributed by atoms with van der Waals surface area (Å²) in [7, 11) is 0. The lowest BCUT2D eigenvalue weighted by atomic mass is 10.2. The molecule has 2 fully saturated rings. The third kappa shape index (κ3) is 1.06. The van der Waals surface area contributed by atoms with Crippen molar-refractivity contribution in [3.63, 3.8) is 0 Å². The molecule has 1 aliphatic carbocycles. The highest BCUT2D eigenvalue weighted by Crippen LogP contribution is 2.32. The standard InChI is InChI=1S/C8H15NO/c10-6-8-2-1-5-9(8)7-3-4-7/h7-8,10H,1-6H2. The van der Waals surface area contributed by atoms with Crippen LogP contribution in [-0.2, 0) is 0 Å². The Morgan fingerprint density at radius 3 is 2.70 bits per heavy atom. The van der Waals surface area contributed by atoms with Gasteiger partial charge in [0.05, 0.1) is 6.61 Å². The van der Waals surface area contributed by atoms with Crippen LogP contribution in [0.25, 0.3) is 0 Å². The van der Waals surface area contributed by atoms with E-state index >= 15 is 0 Å². The molecule has 0 bridgehead atoms. The predicted molar refractivity (Wildman–Crippen MR) is 39.8 cm³/mol. The molecule has 2 rings (SSSR count). The first-order chi connectivity index (χ1) is 4.92. The van der Waals surface area contributed by atoms with Gasteiger partial charge in [0, 0.05) is 12.1 Å². The van der Waals surface area contributed by atoms with Crippen LogP contribution in [0.3, 0.4) is 0 Å². The van der Waals surface area contributed by atoms with E-state index in [0.29, 0.717) is 12.6 Å². The molecule has 1 saturated carbocycles. The number of hydrogen-bond acceptors (Lipinski definition) is 2. The molecule has 1 N–H and O–H groups in total. The largest absolute Gasteiger partial charge is 0.395 e. The van der Waals surface area contributed by atoms with Crippen molar-refractivity contribution in [1.29, 1.82) is 0 Å². The molecule has 0 aromatic rings. The number of hydrogen-bond donors (Lipinski definition) is 1. The molecule has 0 amide bonds. The summed E-state index contributed by atoms with van der Waals surface area (Å²) in [6.45, 7) is 1.60. The summed E-state index contributed by atoms with van der Waals surface area (Å²) >= 11 is 0. The van der Waals surface area contributed by atoms with Crippen molar-refractivity contribution >= 4 is 0 Å². The molecule has 2 heteroatoms. The van der Waals surface area contributed by atoms with Crippen LogP contribution in [0, 0.1) is 0 Å². The summed E-state index contributed by atoms with van der Waals surface area (Å²) in [4.78, 5) is 2.49. The maximum atomic E-state index is 8.97. The van der Waals surface area contributed by atoms with E-state index in [1.807, 2.05) is 0 Å². The fourth-order valence-corrected chi connectivity index (χ4v) is 1.94. The van der Waals surface area contributed by atoms with Gasteiger partial charge in [-0.2, -0.15) is 0 Å². The molecule has 2 aliphatic rings. The van der Waals surface area contributed by atoms with Gasteiger partial charge >= 0.3 is 0 Å². The Morgan fingerprint density at radius 2 is 2.10 bits per heavy atom. The first-order valence-electron chi connectivity index (χ1n) is 4.28. The summed E-state index contributed by atoms with van der Waals surface area (Å²) in [5.41, 5.74) is 0. The van der Waals surface area contributed by atoms with Crippen LogP contribution in [0.4, 0.5) is 0 Å². The van der Waals surface area contributed by atoms with Crippen LogP contribution < -0.4 is 0 Å². The summed E-state index contributed by atoms with van der Waals surface area (Å²) in [5.74, 6) is 0. The molecule has 1 saturated heterocycles. The van der Waals surface area contributed by atoms with E-state index in [1.165, 1.54) is 32.2 Å². The highest BCUT2D eigenvalue weighted by atomic mass is 16.3. The smallest absolute Gasteiger partial charge is 0.0586 e. The fraction of sp³-hybridized carbons (Fsp3) is 1.00. The van der Waals surface area contributed by atoms with Gasteiger partial charge in [-0.3, -0.25) is 4.90 Å². The predicted octanol–water partition coefficient (Wildman–Crippen LogP) is 0.605. The van der Waals surface area contributed by atoms with Crippen molar-refractivity contribution in [2.45, 2.75) is 37.8 Å². The topological polar surface area (TPSA) is 23.5 Å². The zero-order valence-corrected chi connectivity index (χ0v) is 6.29. The van der Waals surface area contributed by atoms with E-state index in [2.05, 4.69) is 4.90 Å². The van der Waals surface area contributed by atoms with Gasteiger partial charge in [0.1, 0.15) is 0 Å². The highest BCUT2D eigenvalue weighted by Gasteiger charge is 2.35. The number of aliphatic hydroxyl groups is 1. The van der Waals surface area contributed by atoms with Crippen molar-refractivity contribution in [3.8, 4) is 0 Å². The molecular formula is C8H15NO. The van der Waals surface area contributed by atoms with Crippen LogP contribution in [-0.4, -0.2) is 35.2 Å². The highest BCUT2D eigenvalue weighted by molar-refractivity contribution is 4.91. The summed E-state index contributed by atoms with van der Waals surface area (Å²) in [6, 6.07) is 1.35. The Bertz CT molecular complexity index is 122. The monoisotopic (exact) mass is 141 g/mol. The molecule has 1 atom stereocenters. The minimum atomic E-state index is 0.372.